The molecule has 0 aliphatic rings. The summed E-state index contributed by atoms with van der Waals surface area (Å²) in [5.74, 6) is 0.677. The van der Waals surface area contributed by atoms with Crippen LogP contribution >= 0.6 is 0 Å². The Kier molecular flexibility index (Phi) is 6.28. The van der Waals surface area contributed by atoms with Gasteiger partial charge in [0.15, 0.2) is 5.82 Å². The molecule has 112 valence electrons. The van der Waals surface area contributed by atoms with Gasteiger partial charge in [-0.2, -0.15) is 0 Å². The van der Waals surface area contributed by atoms with Gasteiger partial charge in [-0.05, 0) is 18.4 Å². The minimum Gasteiger partial charge on any atom is -0.393 e. The second kappa shape index (κ2) is 8.47. The molecular formula is C17H23N3O. The van der Waals surface area contributed by atoms with Crippen molar-refractivity contribution in [3.63, 3.8) is 0 Å². The lowest BCUT2D eigenvalue weighted by Gasteiger charge is -2.10. The summed E-state index contributed by atoms with van der Waals surface area (Å²) < 4.78 is 0. The highest BCUT2D eigenvalue weighted by atomic mass is 16.3. The molecule has 4 heteroatoms. The lowest BCUT2D eigenvalue weighted by atomic mass is 10.0. The fourth-order valence-corrected chi connectivity index (χ4v) is 2.36. The summed E-state index contributed by atoms with van der Waals surface area (Å²) in [5, 5.41) is 10.1. The molecule has 0 aliphatic heterocycles. The van der Waals surface area contributed by atoms with Gasteiger partial charge < -0.3 is 5.11 Å². The normalized spacial score (nSPS) is 12.3. The Morgan fingerprint density at radius 2 is 1.71 bits per heavy atom. The van der Waals surface area contributed by atoms with E-state index in [9.17, 15) is 5.11 Å². The molecular weight excluding hydrogens is 262 g/mol. The predicted octanol–water partition coefficient (Wildman–Crippen LogP) is 3.41. The summed E-state index contributed by atoms with van der Waals surface area (Å²) in [4.78, 5) is 12.1. The first-order valence-electron chi connectivity index (χ1n) is 7.69. The van der Waals surface area contributed by atoms with E-state index in [0.29, 0.717) is 12.2 Å². The third-order valence-corrected chi connectivity index (χ3v) is 3.57. The van der Waals surface area contributed by atoms with Crippen molar-refractivity contribution in [2.45, 2.75) is 51.6 Å². The van der Waals surface area contributed by atoms with Crippen LogP contribution in [0.3, 0.4) is 0 Å². The molecule has 0 aliphatic carbocycles. The number of nitrogens with zero attached hydrogens (tertiary/aromatic N) is 3. The smallest absolute Gasteiger partial charge is 0.162 e. The highest BCUT2D eigenvalue weighted by molar-refractivity contribution is 5.54. The number of hydrogen-bond acceptors (Lipinski definition) is 4. The quantitative estimate of drug-likeness (QED) is 0.755. The first kappa shape index (κ1) is 15.6. The van der Waals surface area contributed by atoms with Crippen LogP contribution in [0.25, 0.3) is 11.4 Å². The van der Waals surface area contributed by atoms with Gasteiger partial charge in [0.2, 0.25) is 0 Å². The molecule has 1 aromatic heterocycles. The standard InChI is InChI=1S/C17H23N3O/c1-2-3-4-5-6-16(21)11-14-7-9-15(10-8-14)17-19-12-18-13-20-17/h7-10,12-13,16,21H,2-6,11H2,1H3. The topological polar surface area (TPSA) is 58.9 Å². The molecule has 0 spiro atoms. The molecule has 0 bridgehead atoms. The van der Waals surface area contributed by atoms with Crippen molar-refractivity contribution in [1.82, 2.24) is 15.0 Å². The Balaban J connectivity index is 1.85. The summed E-state index contributed by atoms with van der Waals surface area (Å²) >= 11 is 0. The van der Waals surface area contributed by atoms with Crippen molar-refractivity contribution in [2.24, 2.45) is 0 Å². The highest BCUT2D eigenvalue weighted by Crippen LogP contribution is 2.16. The van der Waals surface area contributed by atoms with Crippen molar-refractivity contribution >= 4 is 0 Å². The Morgan fingerprint density at radius 3 is 2.38 bits per heavy atom. The first-order chi connectivity index (χ1) is 10.3. The summed E-state index contributed by atoms with van der Waals surface area (Å²) in [7, 11) is 0. The molecule has 1 aromatic carbocycles. The third-order valence-electron chi connectivity index (χ3n) is 3.57. The van der Waals surface area contributed by atoms with Gasteiger partial charge in [-0.1, -0.05) is 56.9 Å². The molecule has 0 radical (unpaired) electrons. The highest BCUT2D eigenvalue weighted by Gasteiger charge is 2.06. The molecule has 0 amide bonds. The SMILES string of the molecule is CCCCCCC(O)Cc1ccc(-c2ncncn2)cc1. The van der Waals surface area contributed by atoms with Crippen LogP contribution in [0.1, 0.15) is 44.6 Å². The van der Waals surface area contributed by atoms with Crippen molar-refractivity contribution in [3.8, 4) is 11.4 Å². The zero-order chi connectivity index (χ0) is 14.9. The average Bonchev–Trinajstić information content (AvgIpc) is 2.53. The maximum Gasteiger partial charge on any atom is 0.162 e. The van der Waals surface area contributed by atoms with Crippen LogP contribution in [-0.2, 0) is 6.42 Å². The summed E-state index contributed by atoms with van der Waals surface area (Å²) in [5.41, 5.74) is 2.12. The van der Waals surface area contributed by atoms with Crippen LogP contribution in [0.2, 0.25) is 0 Å². The van der Waals surface area contributed by atoms with E-state index in [-0.39, 0.29) is 6.10 Å². The lowest BCUT2D eigenvalue weighted by molar-refractivity contribution is 0.161. The van der Waals surface area contributed by atoms with Crippen LogP contribution in [0, 0.1) is 0 Å². The molecule has 1 atom stereocenters. The number of hydrogen-bond donors (Lipinski definition) is 1. The van der Waals surface area contributed by atoms with E-state index in [1.807, 2.05) is 24.3 Å². The summed E-state index contributed by atoms with van der Waals surface area (Å²) in [6, 6.07) is 8.06. The van der Waals surface area contributed by atoms with Gasteiger partial charge >= 0.3 is 0 Å². The minimum absolute atomic E-state index is 0.245. The molecule has 2 rings (SSSR count). The van der Waals surface area contributed by atoms with Gasteiger partial charge in [-0.25, -0.2) is 15.0 Å². The maximum absolute atomic E-state index is 10.1. The Bertz CT molecular complexity index is 513. The van der Waals surface area contributed by atoms with Crippen molar-refractivity contribution in [3.05, 3.63) is 42.5 Å². The Labute approximate surface area is 126 Å². The lowest BCUT2D eigenvalue weighted by Crippen LogP contribution is -2.10. The fraction of sp³-hybridized carbons (Fsp3) is 0.471. The van der Waals surface area contributed by atoms with E-state index in [2.05, 4.69) is 21.9 Å². The molecule has 21 heavy (non-hydrogen) atoms. The number of benzene rings is 1. The van der Waals surface area contributed by atoms with Gasteiger partial charge in [0.25, 0.3) is 0 Å². The van der Waals surface area contributed by atoms with E-state index in [0.717, 1.165) is 24.0 Å². The summed E-state index contributed by atoms with van der Waals surface area (Å²) in [6.45, 7) is 2.20. The van der Waals surface area contributed by atoms with Crippen LogP contribution in [0.4, 0.5) is 0 Å². The van der Waals surface area contributed by atoms with E-state index >= 15 is 0 Å². The van der Waals surface area contributed by atoms with Gasteiger partial charge in [0.1, 0.15) is 12.7 Å². The second-order valence-corrected chi connectivity index (χ2v) is 5.37. The van der Waals surface area contributed by atoms with Crippen molar-refractivity contribution in [1.29, 1.82) is 0 Å². The average molecular weight is 285 g/mol. The van der Waals surface area contributed by atoms with Crippen molar-refractivity contribution < 1.29 is 5.11 Å². The van der Waals surface area contributed by atoms with E-state index in [4.69, 9.17) is 0 Å². The number of unbranched alkanes of at least 4 members (excludes halogenated alkanes) is 3. The third kappa shape index (κ3) is 5.23. The number of aromatic nitrogens is 3. The number of aliphatic hydroxyl groups is 1. The summed E-state index contributed by atoms with van der Waals surface area (Å²) in [6.07, 6.45) is 9.15. The first-order valence-corrected chi connectivity index (χ1v) is 7.69. The molecule has 1 unspecified atom stereocenters. The van der Waals surface area contributed by atoms with Crippen LogP contribution in [0.5, 0.6) is 0 Å². The Hall–Kier alpha value is -1.81. The molecule has 1 N–H and O–H groups in total. The van der Waals surface area contributed by atoms with Gasteiger partial charge in [0, 0.05) is 5.56 Å². The van der Waals surface area contributed by atoms with Gasteiger partial charge in [-0.15, -0.1) is 0 Å². The van der Waals surface area contributed by atoms with Crippen LogP contribution in [0.15, 0.2) is 36.9 Å². The van der Waals surface area contributed by atoms with E-state index < -0.39 is 0 Å². The van der Waals surface area contributed by atoms with E-state index in [1.54, 1.807) is 0 Å². The zero-order valence-electron chi connectivity index (χ0n) is 12.6. The minimum atomic E-state index is -0.245. The zero-order valence-corrected chi connectivity index (χ0v) is 12.6. The van der Waals surface area contributed by atoms with Gasteiger partial charge in [0.05, 0.1) is 6.10 Å². The largest absolute Gasteiger partial charge is 0.393 e. The van der Waals surface area contributed by atoms with Gasteiger partial charge in [-0.3, -0.25) is 0 Å². The van der Waals surface area contributed by atoms with E-state index in [1.165, 1.54) is 31.9 Å². The maximum atomic E-state index is 10.1. The van der Waals surface area contributed by atoms with Crippen molar-refractivity contribution in [2.75, 3.05) is 0 Å². The second-order valence-electron chi connectivity index (χ2n) is 5.37. The number of rotatable bonds is 8. The molecule has 0 saturated carbocycles. The predicted molar refractivity (Wildman–Crippen MR) is 83.7 cm³/mol. The van der Waals surface area contributed by atoms with Crippen LogP contribution < -0.4 is 0 Å². The monoisotopic (exact) mass is 285 g/mol. The molecule has 1 heterocycles. The molecule has 0 fully saturated rings. The molecule has 4 nitrogen and oxygen atoms in total. The Morgan fingerprint density at radius 1 is 1.00 bits per heavy atom. The molecule has 2 aromatic rings. The molecule has 0 saturated heterocycles. The number of aliphatic hydroxyl groups excluding tert-OH is 1. The van der Waals surface area contributed by atoms with Crippen LogP contribution in [-0.4, -0.2) is 26.2 Å². The fourth-order valence-electron chi connectivity index (χ4n) is 2.36.